The van der Waals surface area contributed by atoms with E-state index in [1.54, 1.807) is 0 Å². The molecule has 0 amide bonds. The van der Waals surface area contributed by atoms with Gasteiger partial charge in [-0.05, 0) is 91.0 Å². The fourth-order valence-electron chi connectivity index (χ4n) is 6.76. The van der Waals surface area contributed by atoms with Crippen LogP contribution in [0.15, 0.2) is 36.5 Å². The molecule has 1 aromatic heterocycles. The third kappa shape index (κ3) is 4.39. The van der Waals surface area contributed by atoms with Crippen LogP contribution in [-0.4, -0.2) is 40.1 Å². The van der Waals surface area contributed by atoms with Gasteiger partial charge in [0.1, 0.15) is 24.0 Å². The number of aromatic nitrogens is 1. The third-order valence-corrected chi connectivity index (χ3v) is 9.18. The van der Waals surface area contributed by atoms with Gasteiger partial charge in [0.05, 0.1) is 18.8 Å². The highest BCUT2D eigenvalue weighted by molar-refractivity contribution is 5.73. The number of aryl methyl sites for hydroxylation is 2. The molecular weight excluding hydrogens is 502 g/mol. The van der Waals surface area contributed by atoms with Gasteiger partial charge in [-0.25, -0.2) is 13.8 Å². The summed E-state index contributed by atoms with van der Waals surface area (Å²) in [6, 6.07) is 8.17. The van der Waals surface area contributed by atoms with Crippen LogP contribution in [-0.2, 0) is 18.4 Å². The molecule has 0 bridgehead atoms. The molecule has 39 heavy (non-hydrogen) atoms. The molecule has 2 saturated carbocycles. The highest BCUT2D eigenvalue weighted by Crippen LogP contribution is 2.60. The maximum atomic E-state index is 15.0. The van der Waals surface area contributed by atoms with Gasteiger partial charge in [-0.2, -0.15) is 0 Å². The molecule has 0 radical (unpaired) electrons. The van der Waals surface area contributed by atoms with Crippen LogP contribution in [0.4, 0.5) is 8.78 Å². The summed E-state index contributed by atoms with van der Waals surface area (Å²) < 4.78 is 41.6. The smallest absolute Gasteiger partial charge is 0.213 e. The van der Waals surface area contributed by atoms with E-state index in [4.69, 9.17) is 15.2 Å². The van der Waals surface area contributed by atoms with Gasteiger partial charge in [-0.15, -0.1) is 0 Å². The van der Waals surface area contributed by atoms with E-state index in [9.17, 15) is 14.6 Å². The van der Waals surface area contributed by atoms with Gasteiger partial charge in [0, 0.05) is 40.9 Å². The monoisotopic (exact) mass is 536 g/mol. The normalized spacial score (nSPS) is 28.5. The summed E-state index contributed by atoms with van der Waals surface area (Å²) in [6.07, 6.45) is 3.71. The highest BCUT2D eigenvalue weighted by Gasteiger charge is 2.64. The van der Waals surface area contributed by atoms with E-state index in [1.807, 2.05) is 38.2 Å². The van der Waals surface area contributed by atoms with Crippen molar-refractivity contribution in [3.8, 4) is 22.8 Å². The van der Waals surface area contributed by atoms with Crippen molar-refractivity contribution < 1.29 is 28.5 Å². The molecule has 206 valence electrons. The van der Waals surface area contributed by atoms with Crippen LogP contribution in [0.25, 0.3) is 11.1 Å². The first-order valence-corrected chi connectivity index (χ1v) is 13.5. The Morgan fingerprint density at radius 2 is 1.77 bits per heavy atom. The minimum atomic E-state index is -0.991. The van der Waals surface area contributed by atoms with Gasteiger partial charge >= 0.3 is 0 Å². The van der Waals surface area contributed by atoms with Crippen molar-refractivity contribution in [1.82, 2.24) is 4.98 Å². The number of aliphatic hydroxyl groups excluding tert-OH is 1. The van der Waals surface area contributed by atoms with Crippen molar-refractivity contribution in [1.29, 1.82) is 0 Å². The molecule has 2 fully saturated rings. The zero-order valence-corrected chi connectivity index (χ0v) is 22.4. The molecule has 8 heteroatoms. The van der Waals surface area contributed by atoms with E-state index in [-0.39, 0.29) is 36.2 Å². The average Bonchev–Trinajstić information content (AvgIpc) is 3.24. The van der Waals surface area contributed by atoms with Crippen molar-refractivity contribution in [3.63, 3.8) is 0 Å². The van der Waals surface area contributed by atoms with Gasteiger partial charge < -0.3 is 25.4 Å². The molecule has 3 atom stereocenters. The Balaban J connectivity index is 1.17. The van der Waals surface area contributed by atoms with E-state index in [0.717, 1.165) is 23.6 Å². The van der Waals surface area contributed by atoms with Crippen molar-refractivity contribution in [2.45, 2.75) is 63.7 Å². The van der Waals surface area contributed by atoms with Crippen molar-refractivity contribution in [3.05, 3.63) is 76.0 Å². The molecule has 2 aromatic carbocycles. The van der Waals surface area contributed by atoms with Gasteiger partial charge in [-0.3, -0.25) is 0 Å². The standard InChI is InChI=1S/C31H34F2N2O4/c1-16-4-21(38-13-18-10-31(37,11-18)15-36)5-17(2)28(16)22-6-20(25(32)9-26(22)33)14-39-27-8-19-7-23-29(34)30(23,3)24(19)12-35-27/h4-6,8-9,12,18,23,29,36-37H,7,10-11,13-15,34H2,1-3H3. The fourth-order valence-corrected chi connectivity index (χ4v) is 6.76. The fraction of sp³-hybridized carbons (Fsp3) is 0.452. The third-order valence-electron chi connectivity index (χ3n) is 9.18. The van der Waals surface area contributed by atoms with Crippen LogP contribution >= 0.6 is 0 Å². The maximum absolute atomic E-state index is 15.0. The van der Waals surface area contributed by atoms with E-state index in [1.165, 1.54) is 17.2 Å². The molecular formula is C31H34F2N2O4. The zero-order chi connectivity index (χ0) is 27.7. The quantitative estimate of drug-likeness (QED) is 0.392. The van der Waals surface area contributed by atoms with Crippen molar-refractivity contribution >= 4 is 0 Å². The topological polar surface area (TPSA) is 97.8 Å². The molecule has 6 nitrogen and oxygen atoms in total. The lowest BCUT2D eigenvalue weighted by atomic mass is 9.72. The second-order valence-corrected chi connectivity index (χ2v) is 11.9. The van der Waals surface area contributed by atoms with Crippen LogP contribution in [0.5, 0.6) is 11.6 Å². The van der Waals surface area contributed by atoms with Crippen molar-refractivity contribution in [2.24, 2.45) is 17.6 Å². The second-order valence-electron chi connectivity index (χ2n) is 11.9. The number of pyridine rings is 1. The van der Waals surface area contributed by atoms with Crippen molar-refractivity contribution in [2.75, 3.05) is 13.2 Å². The number of nitrogens with two attached hydrogens (primary N) is 1. The average molecular weight is 537 g/mol. The molecule has 3 aliphatic rings. The zero-order valence-electron chi connectivity index (χ0n) is 22.4. The summed E-state index contributed by atoms with van der Waals surface area (Å²) in [5.74, 6) is 0.356. The van der Waals surface area contributed by atoms with Gasteiger partial charge in [0.2, 0.25) is 5.88 Å². The Bertz CT molecular complexity index is 1430. The van der Waals surface area contributed by atoms with E-state index >= 15 is 4.39 Å². The summed E-state index contributed by atoms with van der Waals surface area (Å²) in [4.78, 5) is 4.43. The number of hydrogen-bond acceptors (Lipinski definition) is 6. The first-order valence-electron chi connectivity index (χ1n) is 13.5. The molecule has 4 N–H and O–H groups in total. The number of aliphatic hydroxyl groups is 2. The number of halogens is 2. The predicted molar refractivity (Wildman–Crippen MR) is 143 cm³/mol. The summed E-state index contributed by atoms with van der Waals surface area (Å²) in [5, 5.41) is 19.2. The SMILES string of the molecule is Cc1cc(OCC2CC(O)(CO)C2)cc(C)c1-c1cc(COc2cc3c(cn2)C2(C)C(N)C2C3)c(F)cc1F. The van der Waals surface area contributed by atoms with Gasteiger partial charge in [-0.1, -0.05) is 6.92 Å². The maximum Gasteiger partial charge on any atom is 0.213 e. The Morgan fingerprint density at radius 1 is 1.05 bits per heavy atom. The number of fused-ring (bicyclic) bond motifs is 3. The lowest BCUT2D eigenvalue weighted by Crippen LogP contribution is -2.48. The van der Waals surface area contributed by atoms with Crippen LogP contribution in [0.3, 0.4) is 0 Å². The number of ether oxygens (including phenoxy) is 2. The summed E-state index contributed by atoms with van der Waals surface area (Å²) in [5.41, 5.74) is 10.4. The van der Waals surface area contributed by atoms with Gasteiger partial charge in [0.25, 0.3) is 0 Å². The van der Waals surface area contributed by atoms with Gasteiger partial charge in [0.15, 0.2) is 0 Å². The largest absolute Gasteiger partial charge is 0.493 e. The molecule has 0 saturated heterocycles. The van der Waals surface area contributed by atoms with E-state index in [0.29, 0.717) is 48.1 Å². The lowest BCUT2D eigenvalue weighted by molar-refractivity contribution is -0.115. The minimum absolute atomic E-state index is 0.00240. The number of hydrogen-bond donors (Lipinski definition) is 3. The van der Waals surface area contributed by atoms with Crippen LogP contribution in [0.1, 0.15) is 47.6 Å². The minimum Gasteiger partial charge on any atom is -0.493 e. The molecule has 6 rings (SSSR count). The summed E-state index contributed by atoms with van der Waals surface area (Å²) in [7, 11) is 0. The highest BCUT2D eigenvalue weighted by atomic mass is 19.1. The van der Waals surface area contributed by atoms with Crippen LogP contribution < -0.4 is 15.2 Å². The Kier molecular flexibility index (Phi) is 6.21. The molecule has 3 aromatic rings. The second kappa shape index (κ2) is 9.25. The Labute approximate surface area is 226 Å². The van der Waals surface area contributed by atoms with Crippen LogP contribution in [0.2, 0.25) is 0 Å². The molecule has 3 unspecified atom stereocenters. The Morgan fingerprint density at radius 3 is 2.46 bits per heavy atom. The molecule has 1 heterocycles. The number of rotatable bonds is 8. The lowest BCUT2D eigenvalue weighted by Gasteiger charge is -2.42. The molecule has 0 aliphatic heterocycles. The predicted octanol–water partition coefficient (Wildman–Crippen LogP) is 4.51. The van der Waals surface area contributed by atoms with E-state index < -0.39 is 17.2 Å². The molecule has 3 aliphatic carbocycles. The summed E-state index contributed by atoms with van der Waals surface area (Å²) in [6.45, 7) is 6.01. The molecule has 0 spiro atoms. The van der Waals surface area contributed by atoms with E-state index in [2.05, 4.69) is 11.9 Å². The first kappa shape index (κ1) is 26.2. The Hall–Kier alpha value is -3.07. The first-order chi connectivity index (χ1) is 18.5. The van der Waals surface area contributed by atoms with Crippen LogP contribution in [0, 0.1) is 37.3 Å². The number of nitrogens with zero attached hydrogens (tertiary/aromatic N) is 1. The number of benzene rings is 2. The summed E-state index contributed by atoms with van der Waals surface area (Å²) >= 11 is 0.